The number of hydrogen-bond donors (Lipinski definition) is 0. The Hall–Kier alpha value is -2.25. The lowest BCUT2D eigenvalue weighted by Crippen LogP contribution is -2.42. The predicted molar refractivity (Wildman–Crippen MR) is 93.2 cm³/mol. The van der Waals surface area contributed by atoms with Crippen molar-refractivity contribution >= 4 is 17.6 Å². The predicted octanol–water partition coefficient (Wildman–Crippen LogP) is 3.49. The minimum atomic E-state index is -4.61. The molecule has 1 amide bonds. The van der Waals surface area contributed by atoms with Crippen molar-refractivity contribution in [3.05, 3.63) is 29.8 Å². The van der Waals surface area contributed by atoms with E-state index in [0.717, 1.165) is 12.2 Å². The molecule has 0 unspecified atom stereocenters. The van der Waals surface area contributed by atoms with Crippen LogP contribution in [0.2, 0.25) is 0 Å². The maximum absolute atomic E-state index is 12.8. The molecule has 1 aromatic carbocycles. The highest BCUT2D eigenvalue weighted by Gasteiger charge is 2.34. The van der Waals surface area contributed by atoms with Gasteiger partial charge in [0.1, 0.15) is 13.1 Å². The highest BCUT2D eigenvalue weighted by molar-refractivity contribution is 5.96. The number of benzene rings is 1. The highest BCUT2D eigenvalue weighted by atomic mass is 19.4. The van der Waals surface area contributed by atoms with E-state index in [0.29, 0.717) is 4.90 Å². The first kappa shape index (κ1) is 21.8. The maximum atomic E-state index is 12.8. The van der Waals surface area contributed by atoms with Gasteiger partial charge >= 0.3 is 12.1 Å². The molecule has 0 atom stereocenters. The van der Waals surface area contributed by atoms with Crippen LogP contribution in [0, 0.1) is 0 Å². The molecule has 0 radical (unpaired) electrons. The van der Waals surface area contributed by atoms with Crippen LogP contribution >= 0.6 is 0 Å². The quantitative estimate of drug-likeness (QED) is 0.654. The van der Waals surface area contributed by atoms with Crippen LogP contribution in [0.1, 0.15) is 38.1 Å². The van der Waals surface area contributed by atoms with E-state index in [1.807, 2.05) is 20.8 Å². The van der Waals surface area contributed by atoms with E-state index in [2.05, 4.69) is 9.64 Å². The number of nitrogens with zero attached hydrogens (tertiary/aromatic N) is 2. The lowest BCUT2D eigenvalue weighted by Gasteiger charge is -2.28. The van der Waals surface area contributed by atoms with E-state index in [9.17, 15) is 22.8 Å². The molecule has 0 fully saturated rings. The van der Waals surface area contributed by atoms with Crippen LogP contribution in [-0.2, 0) is 9.53 Å². The summed E-state index contributed by atoms with van der Waals surface area (Å²) < 4.78 is 43.0. The minimum absolute atomic E-state index is 0.0314. The van der Waals surface area contributed by atoms with Gasteiger partial charge in [-0.15, -0.1) is 0 Å². The van der Waals surface area contributed by atoms with Gasteiger partial charge in [0.05, 0.1) is 6.61 Å². The summed E-state index contributed by atoms with van der Waals surface area (Å²) in [7, 11) is 0. The maximum Gasteiger partial charge on any atom is 0.406 e. The summed E-state index contributed by atoms with van der Waals surface area (Å²) in [6.45, 7) is 6.10. The largest absolute Gasteiger partial charge is 0.465 e. The molecule has 1 aromatic rings. The van der Waals surface area contributed by atoms with Gasteiger partial charge in [0.15, 0.2) is 0 Å². The van der Waals surface area contributed by atoms with Gasteiger partial charge in [0.2, 0.25) is 0 Å². The zero-order valence-electron chi connectivity index (χ0n) is 15.5. The molecule has 0 aromatic heterocycles. The first-order chi connectivity index (χ1) is 12.1. The van der Waals surface area contributed by atoms with E-state index in [4.69, 9.17) is 0 Å². The number of hydrogen-bond acceptors (Lipinski definition) is 4. The summed E-state index contributed by atoms with van der Waals surface area (Å²) in [5.41, 5.74) is 0.953. The molecule has 8 heteroatoms. The van der Waals surface area contributed by atoms with Crippen LogP contribution in [0.3, 0.4) is 0 Å². The van der Waals surface area contributed by atoms with Crippen LogP contribution < -0.4 is 4.90 Å². The average molecular weight is 374 g/mol. The number of anilines is 1. The Kier molecular flexibility index (Phi) is 7.92. The molecule has 0 saturated heterocycles. The number of alkyl halides is 3. The fourth-order valence-corrected chi connectivity index (χ4v) is 2.60. The lowest BCUT2D eigenvalue weighted by molar-refractivity contribution is -0.153. The molecule has 0 aliphatic rings. The van der Waals surface area contributed by atoms with Crippen LogP contribution in [0.4, 0.5) is 18.9 Å². The molecule has 146 valence electrons. The van der Waals surface area contributed by atoms with Crippen molar-refractivity contribution in [1.29, 1.82) is 0 Å². The second-order valence-electron chi connectivity index (χ2n) is 6.01. The van der Waals surface area contributed by atoms with Gasteiger partial charge in [-0.25, -0.2) is 0 Å². The molecule has 0 bridgehead atoms. The summed E-state index contributed by atoms with van der Waals surface area (Å²) in [5, 5.41) is 0. The van der Waals surface area contributed by atoms with Gasteiger partial charge in [0, 0.05) is 23.8 Å². The van der Waals surface area contributed by atoms with E-state index >= 15 is 0 Å². The summed E-state index contributed by atoms with van der Waals surface area (Å²) in [4.78, 5) is 26.5. The zero-order chi connectivity index (χ0) is 19.9. The van der Waals surface area contributed by atoms with Crippen molar-refractivity contribution in [1.82, 2.24) is 4.90 Å². The first-order valence-corrected chi connectivity index (χ1v) is 8.47. The SMILES string of the molecule is CCOC(=O)CN(CC(F)(F)F)C(=O)c1ccc(N(CC)C(C)C)cc1. The number of carbonyl (C=O) groups excluding carboxylic acids is 2. The molecular weight excluding hydrogens is 349 g/mol. The summed E-state index contributed by atoms with van der Waals surface area (Å²) in [6, 6.07) is 6.56. The lowest BCUT2D eigenvalue weighted by atomic mass is 10.1. The van der Waals surface area contributed by atoms with Gasteiger partial charge in [-0.2, -0.15) is 13.2 Å². The molecule has 26 heavy (non-hydrogen) atoms. The zero-order valence-corrected chi connectivity index (χ0v) is 15.5. The standard InChI is InChI=1S/C18H25F3N2O3/c1-5-23(13(3)4)15-9-7-14(8-10-15)17(25)22(12-18(19,20)21)11-16(24)26-6-2/h7-10,13H,5-6,11-12H2,1-4H3. The molecule has 0 saturated carbocycles. The van der Waals surface area contributed by atoms with Crippen molar-refractivity contribution in [2.45, 2.75) is 39.9 Å². The third-order valence-corrected chi connectivity index (χ3v) is 3.69. The van der Waals surface area contributed by atoms with E-state index in [1.54, 1.807) is 19.1 Å². The van der Waals surface area contributed by atoms with E-state index in [-0.39, 0.29) is 18.2 Å². The van der Waals surface area contributed by atoms with Crippen molar-refractivity contribution in [2.24, 2.45) is 0 Å². The fraction of sp³-hybridized carbons (Fsp3) is 0.556. The van der Waals surface area contributed by atoms with Gasteiger partial charge in [-0.1, -0.05) is 0 Å². The number of carbonyl (C=O) groups is 2. The minimum Gasteiger partial charge on any atom is -0.465 e. The fourth-order valence-electron chi connectivity index (χ4n) is 2.60. The Morgan fingerprint density at radius 2 is 1.69 bits per heavy atom. The Labute approximate surface area is 151 Å². The molecule has 0 spiro atoms. The van der Waals surface area contributed by atoms with E-state index < -0.39 is 31.1 Å². The summed E-state index contributed by atoms with van der Waals surface area (Å²) in [5.74, 6) is -1.74. The first-order valence-electron chi connectivity index (χ1n) is 8.47. The van der Waals surface area contributed by atoms with Crippen LogP contribution in [0.5, 0.6) is 0 Å². The Morgan fingerprint density at radius 3 is 2.12 bits per heavy atom. The van der Waals surface area contributed by atoms with Crippen molar-refractivity contribution in [3.8, 4) is 0 Å². The second kappa shape index (κ2) is 9.45. The molecule has 0 heterocycles. The van der Waals surface area contributed by atoms with Crippen LogP contribution in [0.25, 0.3) is 0 Å². The van der Waals surface area contributed by atoms with Gasteiger partial charge in [0.25, 0.3) is 5.91 Å². The number of ether oxygens (including phenoxy) is 1. The van der Waals surface area contributed by atoms with Crippen molar-refractivity contribution in [2.75, 3.05) is 31.1 Å². The number of amides is 1. The normalized spacial score (nSPS) is 11.4. The summed E-state index contributed by atoms with van der Waals surface area (Å²) >= 11 is 0. The Bertz CT molecular complexity index is 601. The highest BCUT2D eigenvalue weighted by Crippen LogP contribution is 2.21. The molecular formula is C18H25F3N2O3. The number of rotatable bonds is 8. The number of halogens is 3. The van der Waals surface area contributed by atoms with Gasteiger partial charge < -0.3 is 14.5 Å². The smallest absolute Gasteiger partial charge is 0.406 e. The van der Waals surface area contributed by atoms with Gasteiger partial charge in [-0.3, -0.25) is 9.59 Å². The summed E-state index contributed by atoms with van der Waals surface area (Å²) in [6.07, 6.45) is -4.61. The van der Waals surface area contributed by atoms with Gasteiger partial charge in [-0.05, 0) is 52.0 Å². The Balaban J connectivity index is 3.00. The van der Waals surface area contributed by atoms with Crippen molar-refractivity contribution in [3.63, 3.8) is 0 Å². The third kappa shape index (κ3) is 6.57. The average Bonchev–Trinajstić information content (AvgIpc) is 2.53. The molecule has 0 aliphatic carbocycles. The Morgan fingerprint density at radius 1 is 1.12 bits per heavy atom. The van der Waals surface area contributed by atoms with Crippen LogP contribution in [-0.4, -0.2) is 55.2 Å². The second-order valence-corrected chi connectivity index (χ2v) is 6.01. The van der Waals surface area contributed by atoms with Crippen molar-refractivity contribution < 1.29 is 27.5 Å². The monoisotopic (exact) mass is 374 g/mol. The number of esters is 1. The molecule has 1 rings (SSSR count). The molecule has 0 aliphatic heterocycles. The third-order valence-electron chi connectivity index (χ3n) is 3.69. The van der Waals surface area contributed by atoms with E-state index in [1.165, 1.54) is 12.1 Å². The topological polar surface area (TPSA) is 49.9 Å². The molecule has 5 nitrogen and oxygen atoms in total. The van der Waals surface area contributed by atoms with Crippen LogP contribution in [0.15, 0.2) is 24.3 Å². The molecule has 0 N–H and O–H groups in total.